The number of aromatic nitrogens is 8. The molecule has 0 saturated heterocycles. The van der Waals surface area contributed by atoms with E-state index in [0.29, 0.717) is 34.1 Å². The highest BCUT2D eigenvalue weighted by atomic mass is 19.1. The first-order valence-corrected chi connectivity index (χ1v) is 12.1. The van der Waals surface area contributed by atoms with Crippen molar-refractivity contribution in [3.63, 3.8) is 0 Å². The van der Waals surface area contributed by atoms with Crippen molar-refractivity contribution in [1.29, 1.82) is 0 Å². The van der Waals surface area contributed by atoms with Crippen LogP contribution in [0.15, 0.2) is 79.5 Å². The molecule has 1 unspecified atom stereocenters. The minimum atomic E-state index is -0.877. The van der Waals surface area contributed by atoms with E-state index in [1.54, 1.807) is 29.3 Å². The maximum absolute atomic E-state index is 13.5. The van der Waals surface area contributed by atoms with Crippen molar-refractivity contribution in [2.45, 2.75) is 19.9 Å². The molecular weight excluding hydrogens is 499 g/mol. The molecule has 0 saturated carbocycles. The number of fused-ring (bicyclic) bond motifs is 1. The number of pyridine rings is 1. The van der Waals surface area contributed by atoms with E-state index in [2.05, 4.69) is 15.2 Å². The molecule has 0 N–H and O–H groups in total. The lowest BCUT2D eigenvalue weighted by Gasteiger charge is -2.15. The summed E-state index contributed by atoms with van der Waals surface area (Å²) in [7, 11) is 1.30. The number of hydrogen-bond donors (Lipinski definition) is 0. The summed E-state index contributed by atoms with van der Waals surface area (Å²) in [5.74, 6) is -0.325. The molecule has 0 bridgehead atoms. The number of ether oxygens (including phenoxy) is 1. The Morgan fingerprint density at radius 3 is 2.36 bits per heavy atom. The number of hydrogen-bond acceptors (Lipinski definition) is 7. The molecule has 11 heteroatoms. The smallest absolute Gasteiger partial charge is 0.335 e. The monoisotopic (exact) mass is 522 g/mol. The van der Waals surface area contributed by atoms with Gasteiger partial charge < -0.3 is 4.74 Å². The topological polar surface area (TPSA) is 105 Å². The number of halogens is 1. The van der Waals surface area contributed by atoms with Crippen LogP contribution in [0.5, 0.6) is 0 Å². The maximum Gasteiger partial charge on any atom is 0.335 e. The number of aryl methyl sites for hydroxylation is 2. The molecule has 0 radical (unpaired) electrons. The van der Waals surface area contributed by atoms with Gasteiger partial charge in [-0.25, -0.2) is 18.7 Å². The van der Waals surface area contributed by atoms with Crippen molar-refractivity contribution in [3.05, 3.63) is 102 Å². The third kappa shape index (κ3) is 4.43. The molecule has 5 heterocycles. The van der Waals surface area contributed by atoms with Gasteiger partial charge in [-0.15, -0.1) is 5.10 Å². The number of methoxy groups -OCH3 is 1. The first-order valence-electron chi connectivity index (χ1n) is 12.1. The van der Waals surface area contributed by atoms with Gasteiger partial charge in [0.05, 0.1) is 37.1 Å². The Labute approximate surface area is 222 Å². The summed E-state index contributed by atoms with van der Waals surface area (Å²) in [6.45, 7) is 4.03. The van der Waals surface area contributed by atoms with Crippen LogP contribution in [0.2, 0.25) is 0 Å². The molecule has 0 aliphatic heterocycles. The quantitative estimate of drug-likeness (QED) is 0.299. The van der Waals surface area contributed by atoms with Crippen LogP contribution < -0.4 is 0 Å². The Morgan fingerprint density at radius 1 is 0.923 bits per heavy atom. The second-order valence-corrected chi connectivity index (χ2v) is 9.06. The van der Waals surface area contributed by atoms with E-state index in [-0.39, 0.29) is 0 Å². The largest absolute Gasteiger partial charge is 0.467 e. The predicted octanol–water partition coefficient (Wildman–Crippen LogP) is 4.36. The van der Waals surface area contributed by atoms with E-state index in [0.717, 1.165) is 17.0 Å². The van der Waals surface area contributed by atoms with Gasteiger partial charge in [0, 0.05) is 34.9 Å². The van der Waals surface area contributed by atoms with Crippen LogP contribution >= 0.6 is 0 Å². The minimum absolute atomic E-state index is 0.397. The van der Waals surface area contributed by atoms with Crippen molar-refractivity contribution in [3.8, 4) is 28.5 Å². The van der Waals surface area contributed by atoms with E-state index >= 15 is 0 Å². The molecule has 0 aliphatic rings. The number of benzene rings is 1. The molecule has 1 aromatic carbocycles. The lowest BCUT2D eigenvalue weighted by atomic mass is 10.1. The molecule has 6 aromatic rings. The molecule has 39 heavy (non-hydrogen) atoms. The van der Waals surface area contributed by atoms with E-state index in [4.69, 9.17) is 14.7 Å². The Balaban J connectivity index is 1.33. The minimum Gasteiger partial charge on any atom is -0.467 e. The van der Waals surface area contributed by atoms with Crippen LogP contribution in [0.4, 0.5) is 4.39 Å². The maximum atomic E-state index is 13.5. The molecule has 10 nitrogen and oxygen atoms in total. The van der Waals surface area contributed by atoms with Crippen LogP contribution in [-0.4, -0.2) is 52.0 Å². The van der Waals surface area contributed by atoms with Gasteiger partial charge in [-0.1, -0.05) is 12.1 Å². The van der Waals surface area contributed by atoms with Crippen LogP contribution in [0.1, 0.15) is 23.0 Å². The summed E-state index contributed by atoms with van der Waals surface area (Å²) >= 11 is 0. The third-order valence-corrected chi connectivity index (χ3v) is 6.50. The molecule has 1 atom stereocenters. The Hall–Kier alpha value is -5.19. The normalized spacial score (nSPS) is 12.1. The van der Waals surface area contributed by atoms with Crippen LogP contribution in [0, 0.1) is 19.7 Å². The fourth-order valence-electron chi connectivity index (χ4n) is 4.52. The second kappa shape index (κ2) is 9.60. The van der Waals surface area contributed by atoms with Gasteiger partial charge in [0.1, 0.15) is 5.82 Å². The molecule has 0 amide bonds. The standard InChI is InChI=1S/C28H23FN8O2/c1-17-4-5-18(2)37(17)28-33-25-12-20(10-11-35(25)34-28)23-14-30-15-24(32-23)21-13-31-36(16-21)26(27(38)39-3)19-6-8-22(29)9-7-19/h4-16,26H,1-3H3. The number of esters is 1. The summed E-state index contributed by atoms with van der Waals surface area (Å²) in [6, 6.07) is 12.6. The van der Waals surface area contributed by atoms with E-state index in [9.17, 15) is 9.18 Å². The van der Waals surface area contributed by atoms with Gasteiger partial charge in [-0.3, -0.25) is 14.2 Å². The second-order valence-electron chi connectivity index (χ2n) is 9.06. The fraction of sp³-hybridized carbons (Fsp3) is 0.143. The zero-order chi connectivity index (χ0) is 27.1. The first-order chi connectivity index (χ1) is 18.9. The van der Waals surface area contributed by atoms with Crippen molar-refractivity contribution in [2.75, 3.05) is 7.11 Å². The Morgan fingerprint density at radius 2 is 1.64 bits per heavy atom. The molecule has 0 spiro atoms. The summed E-state index contributed by atoms with van der Waals surface area (Å²) < 4.78 is 23.6. The van der Waals surface area contributed by atoms with Crippen molar-refractivity contribution < 1.29 is 13.9 Å². The predicted molar refractivity (Wildman–Crippen MR) is 141 cm³/mol. The van der Waals surface area contributed by atoms with E-state index < -0.39 is 17.8 Å². The molecule has 194 valence electrons. The average molecular weight is 523 g/mol. The number of carbonyl (C=O) groups is 1. The number of rotatable bonds is 6. The zero-order valence-corrected chi connectivity index (χ0v) is 21.4. The molecular formula is C28H23FN8O2. The highest BCUT2D eigenvalue weighted by Gasteiger charge is 2.25. The van der Waals surface area contributed by atoms with Gasteiger partial charge >= 0.3 is 5.97 Å². The highest BCUT2D eigenvalue weighted by molar-refractivity contribution is 5.78. The average Bonchev–Trinajstić information content (AvgIpc) is 3.68. The van der Waals surface area contributed by atoms with Crippen molar-refractivity contribution in [2.24, 2.45) is 0 Å². The van der Waals surface area contributed by atoms with Crippen molar-refractivity contribution >= 4 is 11.6 Å². The Kier molecular flexibility index (Phi) is 5.95. The molecule has 5 aromatic heterocycles. The van der Waals surface area contributed by atoms with Gasteiger partial charge in [0.2, 0.25) is 0 Å². The van der Waals surface area contributed by atoms with Crippen LogP contribution in [0.3, 0.4) is 0 Å². The van der Waals surface area contributed by atoms with E-state index in [1.165, 1.54) is 36.1 Å². The Bertz CT molecular complexity index is 1800. The number of carbonyl (C=O) groups excluding carboxylic acids is 1. The molecule has 6 rings (SSSR count). The fourth-order valence-corrected chi connectivity index (χ4v) is 4.52. The van der Waals surface area contributed by atoms with Crippen LogP contribution in [-0.2, 0) is 9.53 Å². The highest BCUT2D eigenvalue weighted by Crippen LogP contribution is 2.26. The summed E-state index contributed by atoms with van der Waals surface area (Å²) in [5.41, 5.74) is 6.02. The molecule has 0 aliphatic carbocycles. The van der Waals surface area contributed by atoms with Gasteiger partial charge in [-0.2, -0.15) is 10.1 Å². The third-order valence-electron chi connectivity index (χ3n) is 6.50. The lowest BCUT2D eigenvalue weighted by Crippen LogP contribution is -2.22. The van der Waals surface area contributed by atoms with E-state index in [1.807, 2.05) is 48.9 Å². The zero-order valence-electron chi connectivity index (χ0n) is 21.4. The number of nitrogens with zero attached hydrogens (tertiary/aromatic N) is 8. The summed E-state index contributed by atoms with van der Waals surface area (Å²) in [4.78, 5) is 26.5. The molecule has 0 fully saturated rings. The summed E-state index contributed by atoms with van der Waals surface area (Å²) in [6.07, 6.45) is 8.43. The SMILES string of the molecule is COC(=O)C(c1ccc(F)cc1)n1cc(-c2cncc(-c3ccn4nc(-n5c(C)ccc5C)nc4c3)n2)cn1. The van der Waals surface area contributed by atoms with Gasteiger partial charge in [0.25, 0.3) is 5.95 Å². The summed E-state index contributed by atoms with van der Waals surface area (Å²) in [5, 5.41) is 8.99. The first kappa shape index (κ1) is 24.2. The van der Waals surface area contributed by atoms with Gasteiger partial charge in [-0.05, 0) is 55.8 Å². The van der Waals surface area contributed by atoms with Crippen LogP contribution in [0.25, 0.3) is 34.1 Å². The van der Waals surface area contributed by atoms with Gasteiger partial charge in [0.15, 0.2) is 11.7 Å². The van der Waals surface area contributed by atoms with Crippen molar-refractivity contribution in [1.82, 2.24) is 38.9 Å². The lowest BCUT2D eigenvalue weighted by molar-refractivity contribution is -0.143.